The zero-order chi connectivity index (χ0) is 13.9. The first kappa shape index (κ1) is 14.0. The van der Waals surface area contributed by atoms with Crippen LogP contribution in [0.15, 0.2) is 6.07 Å². The van der Waals surface area contributed by atoms with Gasteiger partial charge in [-0.1, -0.05) is 0 Å². The zero-order valence-corrected chi connectivity index (χ0v) is 11.7. The molecule has 1 fully saturated rings. The maximum atomic E-state index is 10.4. The van der Waals surface area contributed by atoms with Gasteiger partial charge in [-0.2, -0.15) is 0 Å². The average Bonchev–Trinajstić information content (AvgIpc) is 2.68. The van der Waals surface area contributed by atoms with Gasteiger partial charge in [0.25, 0.3) is 0 Å². The van der Waals surface area contributed by atoms with Crippen molar-refractivity contribution in [2.24, 2.45) is 0 Å². The van der Waals surface area contributed by atoms with Crippen LogP contribution in [0, 0.1) is 6.92 Å². The van der Waals surface area contributed by atoms with Crippen molar-refractivity contribution >= 4 is 11.6 Å². The number of aromatic nitrogens is 2. The molecule has 0 aromatic carbocycles. The van der Waals surface area contributed by atoms with E-state index in [1.54, 1.807) is 0 Å². The molecule has 0 radical (unpaired) electrons. The van der Waals surface area contributed by atoms with Crippen LogP contribution < -0.4 is 10.6 Å². The van der Waals surface area contributed by atoms with Gasteiger partial charge in [0, 0.05) is 32.2 Å². The molecule has 0 amide bonds. The summed E-state index contributed by atoms with van der Waals surface area (Å²) in [7, 11) is 0. The number of nitrogens with zero attached hydrogens (tertiary/aromatic N) is 2. The molecule has 19 heavy (non-hydrogen) atoms. The summed E-state index contributed by atoms with van der Waals surface area (Å²) in [6.07, 6.45) is 0.488. The predicted molar refractivity (Wildman–Crippen MR) is 74.4 cm³/mol. The van der Waals surface area contributed by atoms with Gasteiger partial charge in [0.15, 0.2) is 0 Å². The van der Waals surface area contributed by atoms with E-state index in [1.807, 2.05) is 26.8 Å². The van der Waals surface area contributed by atoms with Gasteiger partial charge in [-0.15, -0.1) is 0 Å². The summed E-state index contributed by atoms with van der Waals surface area (Å²) in [5, 5.41) is 16.7. The highest BCUT2D eigenvalue weighted by Gasteiger charge is 2.39. The number of nitrogens with one attached hydrogen (secondary N) is 2. The van der Waals surface area contributed by atoms with Crippen molar-refractivity contribution in [3.05, 3.63) is 11.9 Å². The van der Waals surface area contributed by atoms with Gasteiger partial charge in [-0.25, -0.2) is 9.97 Å². The maximum absolute atomic E-state index is 10.4. The maximum Gasteiger partial charge on any atom is 0.131 e. The first-order valence-electron chi connectivity index (χ1n) is 6.71. The Hall–Kier alpha value is -1.40. The number of ether oxygens (including phenoxy) is 1. The number of anilines is 2. The normalized spacial score (nSPS) is 26.4. The van der Waals surface area contributed by atoms with Gasteiger partial charge in [-0.3, -0.25) is 0 Å². The molecule has 2 heterocycles. The van der Waals surface area contributed by atoms with E-state index in [9.17, 15) is 5.11 Å². The summed E-state index contributed by atoms with van der Waals surface area (Å²) in [6, 6.07) is 1.85. The number of aliphatic hydroxyl groups is 1. The van der Waals surface area contributed by atoms with Gasteiger partial charge < -0.3 is 20.5 Å². The summed E-state index contributed by atoms with van der Waals surface area (Å²) in [5.41, 5.74) is -0.822. The lowest BCUT2D eigenvalue weighted by molar-refractivity contribution is -0.0176. The molecule has 1 aromatic heterocycles. The molecule has 0 saturated carbocycles. The minimum absolute atomic E-state index is 0.156. The van der Waals surface area contributed by atoms with Gasteiger partial charge in [-0.05, 0) is 20.8 Å². The van der Waals surface area contributed by atoms with Crippen LogP contribution in [0.1, 0.15) is 26.1 Å². The fraction of sp³-hybridized carbons (Fsp3) is 0.692. The molecule has 1 aliphatic heterocycles. The topological polar surface area (TPSA) is 79.3 Å². The summed E-state index contributed by atoms with van der Waals surface area (Å²) >= 11 is 0. The van der Waals surface area contributed by atoms with Gasteiger partial charge >= 0.3 is 0 Å². The molecule has 2 rings (SSSR count). The summed E-state index contributed by atoms with van der Waals surface area (Å²) in [5.74, 6) is 2.21. The van der Waals surface area contributed by atoms with Crippen molar-refractivity contribution in [1.29, 1.82) is 0 Å². The quantitative estimate of drug-likeness (QED) is 0.742. The molecule has 6 nitrogen and oxygen atoms in total. The van der Waals surface area contributed by atoms with Gasteiger partial charge in [0.05, 0.1) is 6.10 Å². The molecule has 0 aliphatic carbocycles. The highest BCUT2D eigenvalue weighted by molar-refractivity contribution is 5.47. The lowest BCUT2D eigenvalue weighted by Crippen LogP contribution is -2.43. The molecule has 1 saturated heterocycles. The Labute approximate surface area is 113 Å². The third-order valence-corrected chi connectivity index (χ3v) is 3.43. The fourth-order valence-corrected chi connectivity index (χ4v) is 2.18. The Morgan fingerprint density at radius 3 is 2.68 bits per heavy atom. The Bertz CT molecular complexity index is 441. The van der Waals surface area contributed by atoms with E-state index in [1.165, 1.54) is 0 Å². The van der Waals surface area contributed by atoms with Crippen molar-refractivity contribution < 1.29 is 9.84 Å². The first-order chi connectivity index (χ1) is 9.03. The Balaban J connectivity index is 2.03. The van der Waals surface area contributed by atoms with Crippen LogP contribution in [0.5, 0.6) is 0 Å². The lowest BCUT2D eigenvalue weighted by atomic mass is 9.97. The number of hydrogen-bond donors (Lipinski definition) is 3. The first-order valence-corrected chi connectivity index (χ1v) is 6.71. The molecule has 1 aliphatic rings. The van der Waals surface area contributed by atoms with E-state index in [0.29, 0.717) is 25.4 Å². The molecular weight excluding hydrogens is 244 g/mol. The second kappa shape index (κ2) is 5.71. The smallest absolute Gasteiger partial charge is 0.131 e. The predicted octanol–water partition coefficient (Wildman–Crippen LogP) is 1.17. The fourth-order valence-electron chi connectivity index (χ4n) is 2.18. The van der Waals surface area contributed by atoms with Crippen molar-refractivity contribution in [3.63, 3.8) is 0 Å². The largest absolute Gasteiger partial charge is 0.385 e. The monoisotopic (exact) mass is 266 g/mol. The zero-order valence-electron chi connectivity index (χ0n) is 11.7. The molecule has 2 atom stereocenters. The minimum Gasteiger partial charge on any atom is -0.385 e. The highest BCUT2D eigenvalue weighted by Crippen LogP contribution is 2.26. The second-order valence-electron chi connectivity index (χ2n) is 4.94. The average molecular weight is 266 g/mol. The third-order valence-electron chi connectivity index (χ3n) is 3.43. The molecule has 2 unspecified atom stereocenters. The second-order valence-corrected chi connectivity index (χ2v) is 4.94. The summed E-state index contributed by atoms with van der Waals surface area (Å²) < 4.78 is 5.41. The number of aryl methyl sites for hydroxylation is 1. The van der Waals surface area contributed by atoms with Crippen molar-refractivity contribution in [1.82, 2.24) is 9.97 Å². The molecule has 106 valence electrons. The summed E-state index contributed by atoms with van der Waals surface area (Å²) in [4.78, 5) is 8.61. The van der Waals surface area contributed by atoms with Crippen LogP contribution in [0.3, 0.4) is 0 Å². The van der Waals surface area contributed by atoms with E-state index in [4.69, 9.17) is 4.74 Å². The Morgan fingerprint density at radius 2 is 2.11 bits per heavy atom. The van der Waals surface area contributed by atoms with Crippen molar-refractivity contribution in [2.75, 3.05) is 30.3 Å². The van der Waals surface area contributed by atoms with E-state index in [2.05, 4.69) is 20.6 Å². The van der Waals surface area contributed by atoms with E-state index in [0.717, 1.165) is 18.2 Å². The molecular formula is C13H22N4O2. The molecule has 3 N–H and O–H groups in total. The van der Waals surface area contributed by atoms with Gasteiger partial charge in [0.1, 0.15) is 23.1 Å². The van der Waals surface area contributed by atoms with Gasteiger partial charge in [0.2, 0.25) is 0 Å². The lowest BCUT2D eigenvalue weighted by Gasteiger charge is -2.26. The third kappa shape index (κ3) is 3.33. The minimum atomic E-state index is -0.822. The van der Waals surface area contributed by atoms with E-state index < -0.39 is 5.60 Å². The molecule has 6 heteroatoms. The van der Waals surface area contributed by atoms with Crippen LogP contribution in [0.4, 0.5) is 11.6 Å². The molecule has 1 aromatic rings. The van der Waals surface area contributed by atoms with Crippen LogP contribution in [-0.2, 0) is 4.74 Å². The number of hydrogen-bond acceptors (Lipinski definition) is 6. The SMILES string of the molecule is CCNc1cc(NCC2(O)CCOC2C)nc(C)n1. The van der Waals surface area contributed by atoms with Crippen LogP contribution in [-0.4, -0.2) is 46.5 Å². The van der Waals surface area contributed by atoms with Crippen molar-refractivity contribution in [3.8, 4) is 0 Å². The van der Waals surface area contributed by atoms with Crippen LogP contribution in [0.2, 0.25) is 0 Å². The standard InChI is InChI=1S/C13H22N4O2/c1-4-14-11-7-12(17-10(3)16-11)15-8-13(18)5-6-19-9(13)2/h7,9,18H,4-6,8H2,1-3H3,(H2,14,15,16,17). The van der Waals surface area contributed by atoms with E-state index in [-0.39, 0.29) is 6.10 Å². The van der Waals surface area contributed by atoms with Crippen LogP contribution in [0.25, 0.3) is 0 Å². The van der Waals surface area contributed by atoms with Crippen LogP contribution >= 0.6 is 0 Å². The molecule has 0 bridgehead atoms. The van der Waals surface area contributed by atoms with Crippen molar-refractivity contribution in [2.45, 2.75) is 38.9 Å². The van der Waals surface area contributed by atoms with E-state index >= 15 is 0 Å². The highest BCUT2D eigenvalue weighted by atomic mass is 16.5. The molecule has 0 spiro atoms. The number of rotatable bonds is 5. The Morgan fingerprint density at radius 1 is 1.42 bits per heavy atom. The Kier molecular flexibility index (Phi) is 4.21. The summed E-state index contributed by atoms with van der Waals surface area (Å²) in [6.45, 7) is 7.60.